The van der Waals surface area contributed by atoms with E-state index in [0.717, 1.165) is 16.9 Å². The third-order valence-electron chi connectivity index (χ3n) is 3.79. The Bertz CT molecular complexity index is 771. The number of hydrogen-bond donors (Lipinski definition) is 1. The molecule has 0 bridgehead atoms. The molecule has 2 heterocycles. The summed E-state index contributed by atoms with van der Waals surface area (Å²) >= 11 is 5.96. The predicted molar refractivity (Wildman–Crippen MR) is 92.7 cm³/mol. The Kier molecular flexibility index (Phi) is 5.29. The van der Waals surface area contributed by atoms with Crippen LogP contribution >= 0.6 is 11.6 Å². The van der Waals surface area contributed by atoms with Crippen LogP contribution in [-0.2, 0) is 17.8 Å². The van der Waals surface area contributed by atoms with E-state index in [-0.39, 0.29) is 11.8 Å². The standard InChI is InChI=1S/C19H17ClN2O2/c20-16-5-3-15(4-6-16)18(12-14-7-9-21-10-8-14)19(23)22-13-17-2-1-11-24-17/h1-11,18H,12-13H2,(H,22,23). The Morgan fingerprint density at radius 1 is 1.12 bits per heavy atom. The molecule has 1 atom stereocenters. The first-order valence-electron chi connectivity index (χ1n) is 7.67. The van der Waals surface area contributed by atoms with Gasteiger partial charge in [0, 0.05) is 17.4 Å². The molecule has 4 nitrogen and oxygen atoms in total. The topological polar surface area (TPSA) is 55.1 Å². The minimum atomic E-state index is -0.306. The molecule has 1 N–H and O–H groups in total. The van der Waals surface area contributed by atoms with Crippen LogP contribution in [0.15, 0.2) is 71.6 Å². The molecule has 0 aliphatic carbocycles. The van der Waals surface area contributed by atoms with Crippen LogP contribution in [-0.4, -0.2) is 10.9 Å². The van der Waals surface area contributed by atoms with Gasteiger partial charge in [-0.2, -0.15) is 0 Å². The Morgan fingerprint density at radius 3 is 2.54 bits per heavy atom. The van der Waals surface area contributed by atoms with Gasteiger partial charge in [0.05, 0.1) is 18.7 Å². The van der Waals surface area contributed by atoms with Gasteiger partial charge in [-0.05, 0) is 53.9 Å². The van der Waals surface area contributed by atoms with E-state index in [1.807, 2.05) is 30.3 Å². The van der Waals surface area contributed by atoms with E-state index in [2.05, 4.69) is 10.3 Å². The average molecular weight is 341 g/mol. The lowest BCUT2D eigenvalue weighted by Crippen LogP contribution is -2.30. The number of halogens is 1. The van der Waals surface area contributed by atoms with Crippen molar-refractivity contribution in [3.05, 3.63) is 89.1 Å². The molecule has 122 valence electrons. The molecule has 0 saturated heterocycles. The van der Waals surface area contributed by atoms with Crippen LogP contribution in [0.4, 0.5) is 0 Å². The van der Waals surface area contributed by atoms with E-state index in [1.54, 1.807) is 36.9 Å². The van der Waals surface area contributed by atoms with Crippen LogP contribution in [0.3, 0.4) is 0 Å². The number of amides is 1. The summed E-state index contributed by atoms with van der Waals surface area (Å²) in [6, 6.07) is 14.9. The van der Waals surface area contributed by atoms with E-state index >= 15 is 0 Å². The third-order valence-corrected chi connectivity index (χ3v) is 4.05. The highest BCUT2D eigenvalue weighted by atomic mass is 35.5. The molecule has 1 aromatic carbocycles. The maximum absolute atomic E-state index is 12.7. The second kappa shape index (κ2) is 7.79. The number of carbonyl (C=O) groups is 1. The van der Waals surface area contributed by atoms with Crippen molar-refractivity contribution < 1.29 is 9.21 Å². The Morgan fingerprint density at radius 2 is 1.88 bits per heavy atom. The summed E-state index contributed by atoms with van der Waals surface area (Å²) in [4.78, 5) is 16.7. The van der Waals surface area contributed by atoms with Gasteiger partial charge in [0.2, 0.25) is 5.91 Å². The second-order valence-electron chi connectivity index (χ2n) is 5.46. The molecule has 5 heteroatoms. The average Bonchev–Trinajstić information content (AvgIpc) is 3.13. The molecule has 0 saturated carbocycles. The van der Waals surface area contributed by atoms with E-state index in [1.165, 1.54) is 0 Å². The highest BCUT2D eigenvalue weighted by molar-refractivity contribution is 6.30. The SMILES string of the molecule is O=C(NCc1ccco1)C(Cc1ccncc1)c1ccc(Cl)cc1. The van der Waals surface area contributed by atoms with Crippen molar-refractivity contribution in [2.45, 2.75) is 18.9 Å². The quantitative estimate of drug-likeness (QED) is 0.738. The molecule has 2 aromatic heterocycles. The van der Waals surface area contributed by atoms with Gasteiger partial charge < -0.3 is 9.73 Å². The summed E-state index contributed by atoms with van der Waals surface area (Å²) < 4.78 is 5.26. The molecule has 24 heavy (non-hydrogen) atoms. The maximum atomic E-state index is 12.7. The number of rotatable bonds is 6. The van der Waals surface area contributed by atoms with Crippen molar-refractivity contribution in [3.8, 4) is 0 Å². The smallest absolute Gasteiger partial charge is 0.228 e. The van der Waals surface area contributed by atoms with Crippen molar-refractivity contribution in [3.63, 3.8) is 0 Å². The lowest BCUT2D eigenvalue weighted by molar-refractivity contribution is -0.122. The Balaban J connectivity index is 1.78. The number of hydrogen-bond acceptors (Lipinski definition) is 3. The zero-order chi connectivity index (χ0) is 16.8. The summed E-state index contributed by atoms with van der Waals surface area (Å²) in [5.74, 6) is 0.368. The van der Waals surface area contributed by atoms with Gasteiger partial charge in [-0.1, -0.05) is 23.7 Å². The molecule has 0 aliphatic heterocycles. The second-order valence-corrected chi connectivity index (χ2v) is 5.90. The zero-order valence-corrected chi connectivity index (χ0v) is 13.7. The number of pyridine rings is 1. The van der Waals surface area contributed by atoms with Crippen LogP contribution in [0.5, 0.6) is 0 Å². The van der Waals surface area contributed by atoms with Crippen LogP contribution in [0.1, 0.15) is 22.8 Å². The van der Waals surface area contributed by atoms with E-state index in [0.29, 0.717) is 18.0 Å². The molecule has 0 fully saturated rings. The number of carbonyl (C=O) groups excluding carboxylic acids is 1. The van der Waals surface area contributed by atoms with Gasteiger partial charge in [-0.25, -0.2) is 0 Å². The maximum Gasteiger partial charge on any atom is 0.228 e. The van der Waals surface area contributed by atoms with Gasteiger partial charge in [0.15, 0.2) is 0 Å². The van der Waals surface area contributed by atoms with Gasteiger partial charge in [-0.15, -0.1) is 0 Å². The van der Waals surface area contributed by atoms with Crippen molar-refractivity contribution in [1.29, 1.82) is 0 Å². The van der Waals surface area contributed by atoms with Crippen LogP contribution in [0, 0.1) is 0 Å². The molecule has 3 aromatic rings. The monoisotopic (exact) mass is 340 g/mol. The summed E-state index contributed by atoms with van der Waals surface area (Å²) in [6.45, 7) is 0.367. The third kappa shape index (κ3) is 4.24. The summed E-state index contributed by atoms with van der Waals surface area (Å²) in [6.07, 6.45) is 5.65. The number of aromatic nitrogens is 1. The molecular weight excluding hydrogens is 324 g/mol. The first kappa shape index (κ1) is 16.3. The molecular formula is C19H17ClN2O2. The fourth-order valence-electron chi connectivity index (χ4n) is 2.52. The molecule has 1 unspecified atom stereocenters. The normalized spacial score (nSPS) is 11.9. The van der Waals surface area contributed by atoms with E-state index in [4.69, 9.17) is 16.0 Å². The number of furan rings is 1. The molecule has 0 radical (unpaired) electrons. The number of benzene rings is 1. The largest absolute Gasteiger partial charge is 0.467 e. The summed E-state index contributed by atoms with van der Waals surface area (Å²) in [5.41, 5.74) is 1.98. The van der Waals surface area contributed by atoms with Gasteiger partial charge in [0.1, 0.15) is 5.76 Å². The van der Waals surface area contributed by atoms with Gasteiger partial charge >= 0.3 is 0 Å². The highest BCUT2D eigenvalue weighted by Gasteiger charge is 2.21. The van der Waals surface area contributed by atoms with Crippen molar-refractivity contribution in [2.75, 3.05) is 0 Å². The first-order valence-corrected chi connectivity index (χ1v) is 8.04. The predicted octanol–water partition coefficient (Wildman–Crippen LogP) is 3.97. The highest BCUT2D eigenvalue weighted by Crippen LogP contribution is 2.23. The minimum absolute atomic E-state index is 0.0504. The van der Waals surface area contributed by atoms with Crippen molar-refractivity contribution in [2.24, 2.45) is 0 Å². The lowest BCUT2D eigenvalue weighted by atomic mass is 9.91. The van der Waals surface area contributed by atoms with E-state index < -0.39 is 0 Å². The fourth-order valence-corrected chi connectivity index (χ4v) is 2.65. The number of nitrogens with one attached hydrogen (secondary N) is 1. The van der Waals surface area contributed by atoms with Gasteiger partial charge in [-0.3, -0.25) is 9.78 Å². The zero-order valence-electron chi connectivity index (χ0n) is 13.0. The number of nitrogens with zero attached hydrogens (tertiary/aromatic N) is 1. The van der Waals surface area contributed by atoms with Crippen LogP contribution in [0.2, 0.25) is 5.02 Å². The Labute approximate surface area is 145 Å². The van der Waals surface area contributed by atoms with Crippen molar-refractivity contribution in [1.82, 2.24) is 10.3 Å². The molecule has 0 spiro atoms. The summed E-state index contributed by atoms with van der Waals surface area (Å²) in [7, 11) is 0. The molecule has 1 amide bonds. The van der Waals surface area contributed by atoms with E-state index in [9.17, 15) is 4.79 Å². The fraction of sp³-hybridized carbons (Fsp3) is 0.158. The molecule has 0 aliphatic rings. The van der Waals surface area contributed by atoms with Crippen molar-refractivity contribution >= 4 is 17.5 Å². The van der Waals surface area contributed by atoms with Crippen LogP contribution < -0.4 is 5.32 Å². The lowest BCUT2D eigenvalue weighted by Gasteiger charge is -2.17. The molecule has 3 rings (SSSR count). The Hall–Kier alpha value is -2.59. The minimum Gasteiger partial charge on any atom is -0.467 e. The summed E-state index contributed by atoms with van der Waals surface area (Å²) in [5, 5.41) is 3.59. The van der Waals surface area contributed by atoms with Gasteiger partial charge in [0.25, 0.3) is 0 Å². The first-order chi connectivity index (χ1) is 11.7. The van der Waals surface area contributed by atoms with Crippen LogP contribution in [0.25, 0.3) is 0 Å².